The number of carbonyl (C=O) groups excluding carboxylic acids is 1. The van der Waals surface area contributed by atoms with Crippen molar-refractivity contribution < 1.29 is 14.3 Å². The fraction of sp³-hybridized carbons (Fsp3) is 0.0909. The molecule has 3 rings (SSSR count). The van der Waals surface area contributed by atoms with Crippen molar-refractivity contribution in [1.29, 1.82) is 0 Å². The molecule has 29 heavy (non-hydrogen) atoms. The van der Waals surface area contributed by atoms with Crippen LogP contribution in [-0.2, 0) is 11.4 Å². The number of hydrazone groups is 1. The molecule has 148 valence electrons. The first-order valence-electron chi connectivity index (χ1n) is 8.78. The molecule has 3 aromatic rings. The first kappa shape index (κ1) is 20.7. The van der Waals surface area contributed by atoms with Crippen LogP contribution in [0.5, 0.6) is 11.5 Å². The Labute approximate surface area is 178 Å². The van der Waals surface area contributed by atoms with E-state index >= 15 is 0 Å². The molecule has 0 saturated carbocycles. The van der Waals surface area contributed by atoms with Crippen LogP contribution >= 0.6 is 23.2 Å². The maximum atomic E-state index is 11.9. The molecule has 0 atom stereocenters. The molecule has 1 N–H and O–H groups in total. The zero-order chi connectivity index (χ0) is 20.5. The van der Waals surface area contributed by atoms with Crippen molar-refractivity contribution in [3.8, 4) is 11.5 Å². The summed E-state index contributed by atoms with van der Waals surface area (Å²) in [5.41, 5.74) is 4.21. The predicted octanol–water partition coefficient (Wildman–Crippen LogP) is 5.10. The van der Waals surface area contributed by atoms with Gasteiger partial charge in [-0.25, -0.2) is 5.43 Å². The van der Waals surface area contributed by atoms with Gasteiger partial charge in [-0.15, -0.1) is 0 Å². The maximum Gasteiger partial charge on any atom is 0.277 e. The maximum absolute atomic E-state index is 11.9. The van der Waals surface area contributed by atoms with Crippen molar-refractivity contribution in [1.82, 2.24) is 5.43 Å². The van der Waals surface area contributed by atoms with E-state index in [9.17, 15) is 4.79 Å². The number of rotatable bonds is 8. The Kier molecular flexibility index (Phi) is 7.50. The average Bonchev–Trinajstić information content (AvgIpc) is 2.75. The van der Waals surface area contributed by atoms with Gasteiger partial charge in [0.15, 0.2) is 6.61 Å². The zero-order valence-electron chi connectivity index (χ0n) is 15.3. The summed E-state index contributed by atoms with van der Waals surface area (Å²) in [4.78, 5) is 11.9. The van der Waals surface area contributed by atoms with E-state index in [1.54, 1.807) is 18.2 Å². The third-order valence-electron chi connectivity index (χ3n) is 3.82. The molecular weight excluding hydrogens is 411 g/mol. The highest BCUT2D eigenvalue weighted by molar-refractivity contribution is 6.42. The van der Waals surface area contributed by atoms with Crippen LogP contribution in [0.25, 0.3) is 0 Å². The summed E-state index contributed by atoms with van der Waals surface area (Å²) in [5, 5.41) is 4.58. The van der Waals surface area contributed by atoms with Crippen molar-refractivity contribution in [3.05, 3.63) is 94.0 Å². The van der Waals surface area contributed by atoms with Crippen LogP contribution in [0.4, 0.5) is 0 Å². The molecule has 0 fully saturated rings. The Bertz CT molecular complexity index is 994. The van der Waals surface area contributed by atoms with Gasteiger partial charge in [-0.3, -0.25) is 4.79 Å². The van der Waals surface area contributed by atoms with Gasteiger partial charge < -0.3 is 9.47 Å². The standard InChI is InChI=1S/C22H18Cl2N2O3/c23-18-10-6-12-20(22(18)24)29-15-21(27)26-25-13-17-9-4-5-11-19(17)28-14-16-7-2-1-3-8-16/h1-13H,14-15H2,(H,26,27)/b25-13+. The molecule has 0 aliphatic rings. The number of para-hydroxylation sites is 1. The number of hydrogen-bond donors (Lipinski definition) is 1. The summed E-state index contributed by atoms with van der Waals surface area (Å²) in [6.07, 6.45) is 1.52. The number of halogens is 2. The van der Waals surface area contributed by atoms with Gasteiger partial charge in [0, 0.05) is 5.56 Å². The quantitative estimate of drug-likeness (QED) is 0.400. The summed E-state index contributed by atoms with van der Waals surface area (Å²) in [5.74, 6) is 0.564. The lowest BCUT2D eigenvalue weighted by Crippen LogP contribution is -2.24. The first-order valence-corrected chi connectivity index (χ1v) is 9.53. The van der Waals surface area contributed by atoms with E-state index in [0.29, 0.717) is 23.1 Å². The molecule has 0 saturated heterocycles. The van der Waals surface area contributed by atoms with E-state index in [1.807, 2.05) is 54.6 Å². The minimum Gasteiger partial charge on any atom is -0.488 e. The lowest BCUT2D eigenvalue weighted by atomic mass is 10.2. The molecule has 0 unspecified atom stereocenters. The molecule has 0 bridgehead atoms. The van der Waals surface area contributed by atoms with Gasteiger partial charge in [0.1, 0.15) is 23.1 Å². The van der Waals surface area contributed by atoms with Gasteiger partial charge in [0.05, 0.1) is 11.2 Å². The molecule has 0 radical (unpaired) electrons. The zero-order valence-corrected chi connectivity index (χ0v) is 16.9. The van der Waals surface area contributed by atoms with E-state index in [1.165, 1.54) is 6.21 Å². The van der Waals surface area contributed by atoms with Crippen molar-refractivity contribution >= 4 is 35.3 Å². The summed E-state index contributed by atoms with van der Waals surface area (Å²) < 4.78 is 11.2. The van der Waals surface area contributed by atoms with Gasteiger partial charge in [-0.2, -0.15) is 5.10 Å². The number of amides is 1. The Hall–Kier alpha value is -3.02. The van der Waals surface area contributed by atoms with E-state index in [-0.39, 0.29) is 11.6 Å². The highest BCUT2D eigenvalue weighted by Gasteiger charge is 2.08. The Morgan fingerprint density at radius 1 is 0.897 bits per heavy atom. The van der Waals surface area contributed by atoms with E-state index in [4.69, 9.17) is 32.7 Å². The smallest absolute Gasteiger partial charge is 0.277 e. The van der Waals surface area contributed by atoms with Crippen LogP contribution < -0.4 is 14.9 Å². The lowest BCUT2D eigenvalue weighted by molar-refractivity contribution is -0.123. The minimum absolute atomic E-state index is 0.246. The van der Waals surface area contributed by atoms with Crippen LogP contribution in [0.2, 0.25) is 10.0 Å². The Morgan fingerprint density at radius 3 is 2.45 bits per heavy atom. The second kappa shape index (κ2) is 10.5. The second-order valence-electron chi connectivity index (χ2n) is 5.95. The highest BCUT2D eigenvalue weighted by atomic mass is 35.5. The lowest BCUT2D eigenvalue weighted by Gasteiger charge is -2.09. The van der Waals surface area contributed by atoms with Crippen LogP contribution in [0.1, 0.15) is 11.1 Å². The predicted molar refractivity (Wildman–Crippen MR) is 115 cm³/mol. The minimum atomic E-state index is -0.431. The monoisotopic (exact) mass is 428 g/mol. The largest absolute Gasteiger partial charge is 0.488 e. The molecule has 5 nitrogen and oxygen atoms in total. The fourth-order valence-electron chi connectivity index (χ4n) is 2.40. The number of carbonyl (C=O) groups is 1. The van der Waals surface area contributed by atoms with E-state index < -0.39 is 5.91 Å². The molecule has 0 aliphatic heterocycles. The van der Waals surface area contributed by atoms with Crippen molar-refractivity contribution in [2.24, 2.45) is 5.10 Å². The molecule has 0 aliphatic carbocycles. The molecule has 0 aromatic heterocycles. The average molecular weight is 429 g/mol. The van der Waals surface area contributed by atoms with E-state index in [2.05, 4.69) is 10.5 Å². The number of ether oxygens (including phenoxy) is 2. The topological polar surface area (TPSA) is 59.9 Å². The SMILES string of the molecule is O=C(COc1cccc(Cl)c1Cl)N/N=C/c1ccccc1OCc1ccccc1. The number of hydrogen-bond acceptors (Lipinski definition) is 4. The van der Waals surface area contributed by atoms with Crippen molar-refractivity contribution in [2.45, 2.75) is 6.61 Å². The van der Waals surface area contributed by atoms with Gasteiger partial charge >= 0.3 is 0 Å². The summed E-state index contributed by atoms with van der Waals surface area (Å²) in [7, 11) is 0. The first-order chi connectivity index (χ1) is 14.1. The third kappa shape index (κ3) is 6.24. The van der Waals surface area contributed by atoms with Crippen LogP contribution in [0, 0.1) is 0 Å². The van der Waals surface area contributed by atoms with Crippen molar-refractivity contribution in [3.63, 3.8) is 0 Å². The van der Waals surface area contributed by atoms with Gasteiger partial charge in [-0.05, 0) is 29.8 Å². The van der Waals surface area contributed by atoms with E-state index in [0.717, 1.165) is 11.1 Å². The summed E-state index contributed by atoms with van der Waals surface area (Å²) in [6.45, 7) is 0.190. The number of nitrogens with one attached hydrogen (secondary N) is 1. The molecular formula is C22H18Cl2N2O3. The van der Waals surface area contributed by atoms with Gasteiger partial charge in [0.2, 0.25) is 0 Å². The van der Waals surface area contributed by atoms with Crippen LogP contribution in [0.3, 0.4) is 0 Å². The number of nitrogens with zero attached hydrogens (tertiary/aromatic N) is 1. The van der Waals surface area contributed by atoms with Gasteiger partial charge in [-0.1, -0.05) is 71.7 Å². The van der Waals surface area contributed by atoms with Crippen LogP contribution in [-0.4, -0.2) is 18.7 Å². The summed E-state index contributed by atoms with van der Waals surface area (Å²) in [6, 6.07) is 22.2. The molecule has 0 spiro atoms. The molecule has 3 aromatic carbocycles. The number of benzene rings is 3. The fourth-order valence-corrected chi connectivity index (χ4v) is 2.75. The third-order valence-corrected chi connectivity index (χ3v) is 4.63. The normalized spacial score (nSPS) is 10.7. The Balaban J connectivity index is 1.53. The molecule has 1 amide bonds. The molecule has 7 heteroatoms. The van der Waals surface area contributed by atoms with Gasteiger partial charge in [0.25, 0.3) is 5.91 Å². The second-order valence-corrected chi connectivity index (χ2v) is 6.73. The Morgan fingerprint density at radius 2 is 1.62 bits per heavy atom. The van der Waals surface area contributed by atoms with Crippen LogP contribution in [0.15, 0.2) is 77.9 Å². The summed E-state index contributed by atoms with van der Waals surface area (Å²) >= 11 is 11.9. The highest BCUT2D eigenvalue weighted by Crippen LogP contribution is 2.31. The molecule has 0 heterocycles. The van der Waals surface area contributed by atoms with Crippen molar-refractivity contribution in [2.75, 3.05) is 6.61 Å².